The van der Waals surface area contributed by atoms with Crippen molar-refractivity contribution in [2.24, 2.45) is 0 Å². The van der Waals surface area contributed by atoms with Crippen LogP contribution in [0.15, 0.2) is 24.3 Å². The van der Waals surface area contributed by atoms with Crippen molar-refractivity contribution in [1.29, 1.82) is 0 Å². The molecule has 1 atom stereocenters. The van der Waals surface area contributed by atoms with E-state index in [2.05, 4.69) is 0 Å². The quantitative estimate of drug-likeness (QED) is 0.292. The minimum absolute atomic E-state index is 0.107. The second-order valence-corrected chi connectivity index (χ2v) is 7.75. The van der Waals surface area contributed by atoms with E-state index < -0.39 is 59.6 Å². The zero-order valence-corrected chi connectivity index (χ0v) is 18.4. The summed E-state index contributed by atoms with van der Waals surface area (Å²) in [6.07, 6.45) is -17.9. The van der Waals surface area contributed by atoms with Gasteiger partial charge in [0.25, 0.3) is 0 Å². The summed E-state index contributed by atoms with van der Waals surface area (Å²) in [6, 6.07) is 2.06. The van der Waals surface area contributed by atoms with Crippen LogP contribution >= 0.6 is 0 Å². The summed E-state index contributed by atoms with van der Waals surface area (Å²) < 4.78 is 213. The van der Waals surface area contributed by atoms with E-state index in [0.717, 1.165) is 12.1 Å². The first kappa shape index (κ1) is 32.9. The third kappa shape index (κ3) is 5.13. The lowest BCUT2D eigenvalue weighted by atomic mass is 9.82. The molecule has 0 aromatic heterocycles. The second-order valence-electron chi connectivity index (χ2n) is 7.75. The van der Waals surface area contributed by atoms with E-state index in [4.69, 9.17) is 0 Å². The van der Waals surface area contributed by atoms with Gasteiger partial charge in [0.15, 0.2) is 5.60 Å². The predicted molar refractivity (Wildman–Crippen MR) is 95.4 cm³/mol. The maximum atomic E-state index is 14.2. The molecule has 0 heterocycles. The number of nitrogens with zero attached hydrogens (tertiary/aromatic N) is 1. The van der Waals surface area contributed by atoms with Crippen LogP contribution in [0, 0.1) is 0 Å². The van der Waals surface area contributed by atoms with Crippen LogP contribution in [0.5, 0.6) is 0 Å². The molecule has 0 radical (unpaired) electrons. The van der Waals surface area contributed by atoms with E-state index in [9.17, 15) is 75.4 Å². The fourth-order valence-electron chi connectivity index (χ4n) is 3.14. The summed E-state index contributed by atoms with van der Waals surface area (Å²) in [5, 5.41) is 9.91. The van der Waals surface area contributed by atoms with Gasteiger partial charge in [0.1, 0.15) is 0 Å². The van der Waals surface area contributed by atoms with Crippen LogP contribution in [0.3, 0.4) is 0 Å². The Balaban J connectivity index is 3.65. The highest BCUT2D eigenvalue weighted by Crippen LogP contribution is 2.62. The summed E-state index contributed by atoms with van der Waals surface area (Å²) in [5.74, 6) is -39.7. The molecule has 0 aliphatic carbocycles. The second kappa shape index (κ2) is 9.55. The van der Waals surface area contributed by atoms with Crippen molar-refractivity contribution in [3.63, 3.8) is 0 Å². The van der Waals surface area contributed by atoms with Gasteiger partial charge in [0.05, 0.1) is 6.42 Å². The predicted octanol–water partition coefficient (Wildman–Crippen LogP) is 7.41. The lowest BCUT2D eigenvalue weighted by Gasteiger charge is -2.42. The van der Waals surface area contributed by atoms with E-state index >= 15 is 0 Å². The Morgan fingerprint density at radius 2 is 0.946 bits per heavy atom. The molecule has 216 valence electrons. The van der Waals surface area contributed by atoms with E-state index in [1.807, 2.05) is 0 Å². The minimum atomic E-state index is -8.28. The van der Waals surface area contributed by atoms with Crippen molar-refractivity contribution in [3.05, 3.63) is 29.8 Å². The van der Waals surface area contributed by atoms with E-state index in [1.165, 1.54) is 4.90 Å². The lowest BCUT2D eigenvalue weighted by Crippen LogP contribution is -2.70. The van der Waals surface area contributed by atoms with Crippen LogP contribution in [-0.4, -0.2) is 60.2 Å². The van der Waals surface area contributed by atoms with Crippen LogP contribution in [0.25, 0.3) is 0 Å². The molecule has 0 amide bonds. The average molecular weight is 579 g/mol. The lowest BCUT2D eigenvalue weighted by molar-refractivity contribution is -0.443. The average Bonchev–Trinajstić information content (AvgIpc) is 2.72. The molecular formula is C19H17F16NO. The maximum Gasteiger partial charge on any atom is 0.460 e. The normalized spacial score (nSPS) is 16.5. The molecule has 1 aromatic rings. The maximum absolute atomic E-state index is 14.2. The van der Waals surface area contributed by atoms with Crippen molar-refractivity contribution in [3.8, 4) is 0 Å². The highest BCUT2D eigenvalue weighted by molar-refractivity contribution is 5.48. The standard InChI is InChI=1S/C19H17F16NO/c1-3-36(4-2)11-7-5-10(6-8-11)12(37,18(30,31)32)9-13(20,21)14(22,23)15(24,25)16(26,27)17(28,29)19(33,34)35/h5-8,37H,3-4,9H2,1-2H3. The largest absolute Gasteiger partial charge is 0.460 e. The van der Waals surface area contributed by atoms with Gasteiger partial charge >= 0.3 is 42.0 Å². The van der Waals surface area contributed by atoms with Crippen LogP contribution in [0.1, 0.15) is 25.8 Å². The molecule has 37 heavy (non-hydrogen) atoms. The van der Waals surface area contributed by atoms with Gasteiger partial charge < -0.3 is 10.0 Å². The molecule has 2 nitrogen and oxygen atoms in total. The molecule has 0 saturated heterocycles. The summed E-state index contributed by atoms with van der Waals surface area (Å²) in [7, 11) is 0. The summed E-state index contributed by atoms with van der Waals surface area (Å²) in [5.41, 5.74) is -6.75. The van der Waals surface area contributed by atoms with Crippen molar-refractivity contribution in [2.45, 2.75) is 67.8 Å². The fourth-order valence-corrected chi connectivity index (χ4v) is 3.14. The Morgan fingerprint density at radius 3 is 1.27 bits per heavy atom. The van der Waals surface area contributed by atoms with Gasteiger partial charge in [-0.05, 0) is 31.5 Å². The molecule has 1 rings (SSSR count). The van der Waals surface area contributed by atoms with E-state index in [1.54, 1.807) is 13.8 Å². The Bertz CT molecular complexity index is 917. The number of aliphatic hydroxyl groups is 1. The Morgan fingerprint density at radius 1 is 0.568 bits per heavy atom. The number of alkyl halides is 16. The SMILES string of the molecule is CCN(CC)c1ccc(C(O)(CC(F)(F)C(F)(F)C(F)(F)C(F)(F)C(F)(F)C(F)(F)F)C(F)(F)F)cc1. The van der Waals surface area contributed by atoms with Gasteiger partial charge in [0.2, 0.25) is 0 Å². The zero-order valence-electron chi connectivity index (χ0n) is 18.4. The molecule has 0 fully saturated rings. The molecular weight excluding hydrogens is 562 g/mol. The van der Waals surface area contributed by atoms with Crippen LogP contribution in [0.2, 0.25) is 0 Å². The number of rotatable bonds is 10. The van der Waals surface area contributed by atoms with Crippen molar-refractivity contribution < 1.29 is 75.4 Å². The van der Waals surface area contributed by atoms with Crippen LogP contribution in [-0.2, 0) is 5.60 Å². The van der Waals surface area contributed by atoms with E-state index in [-0.39, 0.29) is 30.9 Å². The molecule has 18 heteroatoms. The van der Waals surface area contributed by atoms with Gasteiger partial charge in [-0.15, -0.1) is 0 Å². The van der Waals surface area contributed by atoms with Gasteiger partial charge in [0, 0.05) is 18.8 Å². The Labute approximate surface area is 197 Å². The molecule has 1 unspecified atom stereocenters. The molecule has 1 aromatic carbocycles. The minimum Gasteiger partial charge on any atom is -0.376 e. The Hall–Kier alpha value is -2.14. The molecule has 0 saturated carbocycles. The van der Waals surface area contributed by atoms with Gasteiger partial charge in [-0.1, -0.05) is 12.1 Å². The number of benzene rings is 1. The third-order valence-corrected chi connectivity index (χ3v) is 5.42. The molecule has 0 bridgehead atoms. The summed E-state index contributed by atoms with van der Waals surface area (Å²) in [4.78, 5) is 1.46. The molecule has 0 spiro atoms. The third-order valence-electron chi connectivity index (χ3n) is 5.42. The first-order valence-electron chi connectivity index (χ1n) is 9.80. The molecule has 0 aliphatic heterocycles. The first-order valence-corrected chi connectivity index (χ1v) is 9.80. The number of hydrogen-bond donors (Lipinski definition) is 1. The monoisotopic (exact) mass is 579 g/mol. The van der Waals surface area contributed by atoms with Crippen molar-refractivity contribution >= 4 is 5.69 Å². The van der Waals surface area contributed by atoms with Crippen molar-refractivity contribution in [1.82, 2.24) is 0 Å². The summed E-state index contributed by atoms with van der Waals surface area (Å²) >= 11 is 0. The fraction of sp³-hybridized carbons (Fsp3) is 0.684. The summed E-state index contributed by atoms with van der Waals surface area (Å²) in [6.45, 7) is 3.64. The molecule has 0 aliphatic rings. The van der Waals surface area contributed by atoms with Gasteiger partial charge in [-0.3, -0.25) is 0 Å². The topological polar surface area (TPSA) is 23.5 Å². The van der Waals surface area contributed by atoms with Crippen LogP contribution < -0.4 is 4.90 Å². The highest BCUT2D eigenvalue weighted by atomic mass is 19.4. The molecule has 1 N–H and O–H groups in total. The first-order chi connectivity index (χ1) is 16.2. The van der Waals surface area contributed by atoms with Gasteiger partial charge in [-0.2, -0.15) is 70.2 Å². The highest BCUT2D eigenvalue weighted by Gasteiger charge is 2.91. The number of halogens is 16. The van der Waals surface area contributed by atoms with Crippen LogP contribution in [0.4, 0.5) is 75.9 Å². The smallest absolute Gasteiger partial charge is 0.376 e. The Kier molecular flexibility index (Phi) is 8.49. The zero-order chi connectivity index (χ0) is 29.7. The number of hydrogen-bond acceptors (Lipinski definition) is 2. The van der Waals surface area contributed by atoms with Gasteiger partial charge in [-0.25, -0.2) is 0 Å². The van der Waals surface area contributed by atoms with Crippen molar-refractivity contribution in [2.75, 3.05) is 18.0 Å². The number of anilines is 1. The van der Waals surface area contributed by atoms with E-state index in [0.29, 0.717) is 0 Å².